The van der Waals surface area contributed by atoms with Gasteiger partial charge in [0.1, 0.15) is 11.5 Å². The summed E-state index contributed by atoms with van der Waals surface area (Å²) in [7, 11) is 1.55. The van der Waals surface area contributed by atoms with Gasteiger partial charge in [-0.3, -0.25) is 9.78 Å². The molecule has 3 aromatic rings. The van der Waals surface area contributed by atoms with Crippen LogP contribution >= 0.6 is 15.9 Å². The van der Waals surface area contributed by atoms with Crippen LogP contribution in [-0.4, -0.2) is 30.2 Å². The molecule has 0 fully saturated rings. The van der Waals surface area contributed by atoms with Crippen LogP contribution in [0.1, 0.15) is 26.3 Å². The molecule has 3 rings (SSSR count). The number of benzene rings is 2. The highest BCUT2D eigenvalue weighted by atomic mass is 79.9. The van der Waals surface area contributed by atoms with Gasteiger partial charge in [-0.15, -0.1) is 0 Å². The lowest BCUT2D eigenvalue weighted by atomic mass is 10.2. The van der Waals surface area contributed by atoms with E-state index >= 15 is 0 Å². The van der Waals surface area contributed by atoms with Gasteiger partial charge in [-0.1, -0.05) is 15.9 Å². The lowest BCUT2D eigenvalue weighted by Crippen LogP contribution is -2.17. The molecule has 146 valence electrons. The highest BCUT2D eigenvalue weighted by molar-refractivity contribution is 9.10. The first-order valence-corrected chi connectivity index (χ1v) is 9.25. The van der Waals surface area contributed by atoms with Crippen molar-refractivity contribution in [2.45, 2.75) is 0 Å². The van der Waals surface area contributed by atoms with E-state index in [0.29, 0.717) is 28.2 Å². The number of nitrogens with zero attached hydrogens (tertiary/aromatic N) is 2. The molecular weight excluding hydrogens is 438 g/mol. The van der Waals surface area contributed by atoms with E-state index < -0.39 is 11.9 Å². The van der Waals surface area contributed by atoms with Gasteiger partial charge in [0.2, 0.25) is 0 Å². The molecule has 1 aromatic heterocycles. The SMILES string of the molecule is COc1ccc(C(=O)Oc2ccc(Br)cc2/C=N\NC(=O)c2cccnc2)cc1. The van der Waals surface area contributed by atoms with Crippen molar-refractivity contribution in [2.75, 3.05) is 7.11 Å². The van der Waals surface area contributed by atoms with Gasteiger partial charge >= 0.3 is 5.97 Å². The minimum Gasteiger partial charge on any atom is -0.497 e. The Morgan fingerprint density at radius 2 is 1.90 bits per heavy atom. The summed E-state index contributed by atoms with van der Waals surface area (Å²) in [5.74, 6) is 0.0147. The predicted octanol–water partition coefficient (Wildman–Crippen LogP) is 3.84. The molecule has 29 heavy (non-hydrogen) atoms. The van der Waals surface area contributed by atoms with Crippen molar-refractivity contribution in [1.29, 1.82) is 0 Å². The van der Waals surface area contributed by atoms with Gasteiger partial charge in [0, 0.05) is 22.4 Å². The van der Waals surface area contributed by atoms with Crippen LogP contribution in [0.3, 0.4) is 0 Å². The van der Waals surface area contributed by atoms with E-state index in [2.05, 4.69) is 31.4 Å². The normalized spacial score (nSPS) is 10.6. The van der Waals surface area contributed by atoms with E-state index in [1.807, 2.05) is 0 Å². The van der Waals surface area contributed by atoms with Crippen molar-refractivity contribution in [2.24, 2.45) is 5.10 Å². The van der Waals surface area contributed by atoms with Crippen molar-refractivity contribution in [3.05, 3.63) is 88.2 Å². The lowest BCUT2D eigenvalue weighted by Gasteiger charge is -2.08. The first-order valence-electron chi connectivity index (χ1n) is 8.46. The highest BCUT2D eigenvalue weighted by Gasteiger charge is 2.12. The van der Waals surface area contributed by atoms with Crippen molar-refractivity contribution in [1.82, 2.24) is 10.4 Å². The van der Waals surface area contributed by atoms with Gasteiger partial charge in [0.15, 0.2) is 0 Å². The number of halogens is 1. The van der Waals surface area contributed by atoms with Gasteiger partial charge in [-0.2, -0.15) is 5.10 Å². The van der Waals surface area contributed by atoms with Gasteiger partial charge in [0.05, 0.1) is 24.5 Å². The quantitative estimate of drug-likeness (QED) is 0.265. The smallest absolute Gasteiger partial charge is 0.343 e. The predicted molar refractivity (Wildman–Crippen MR) is 111 cm³/mol. The molecular formula is C21H16BrN3O4. The summed E-state index contributed by atoms with van der Waals surface area (Å²) >= 11 is 3.37. The number of hydrogen-bond acceptors (Lipinski definition) is 6. The van der Waals surface area contributed by atoms with Gasteiger partial charge in [-0.25, -0.2) is 10.2 Å². The maximum atomic E-state index is 12.4. The molecule has 1 N–H and O–H groups in total. The van der Waals surface area contributed by atoms with Crippen LogP contribution in [0, 0.1) is 0 Å². The van der Waals surface area contributed by atoms with Crippen LogP contribution < -0.4 is 14.9 Å². The summed E-state index contributed by atoms with van der Waals surface area (Å²) in [4.78, 5) is 28.3. The maximum absolute atomic E-state index is 12.4. The number of ether oxygens (including phenoxy) is 2. The molecule has 0 radical (unpaired) electrons. The van der Waals surface area contributed by atoms with Crippen molar-refractivity contribution in [3.63, 3.8) is 0 Å². The molecule has 0 atom stereocenters. The molecule has 0 aliphatic rings. The van der Waals surface area contributed by atoms with Gasteiger partial charge in [-0.05, 0) is 54.6 Å². The molecule has 0 saturated heterocycles. The number of carbonyl (C=O) groups excluding carboxylic acids is 2. The van der Waals surface area contributed by atoms with E-state index in [9.17, 15) is 9.59 Å². The second kappa shape index (κ2) is 9.61. The van der Waals surface area contributed by atoms with Crippen LogP contribution in [0.2, 0.25) is 0 Å². The van der Waals surface area contributed by atoms with Crippen LogP contribution in [0.15, 0.2) is 76.6 Å². The second-order valence-electron chi connectivity index (χ2n) is 5.74. The third kappa shape index (κ3) is 5.49. The molecule has 1 amide bonds. The Morgan fingerprint density at radius 1 is 1.10 bits per heavy atom. The van der Waals surface area contributed by atoms with Crippen LogP contribution in [0.5, 0.6) is 11.5 Å². The number of amides is 1. The zero-order valence-corrected chi connectivity index (χ0v) is 16.9. The Labute approximate surface area is 175 Å². The minimum atomic E-state index is -0.524. The van der Waals surface area contributed by atoms with Gasteiger partial charge in [0.25, 0.3) is 5.91 Å². The zero-order valence-electron chi connectivity index (χ0n) is 15.3. The topological polar surface area (TPSA) is 89.9 Å². The average molecular weight is 454 g/mol. The van der Waals surface area contributed by atoms with Crippen molar-refractivity contribution < 1.29 is 19.1 Å². The summed E-state index contributed by atoms with van der Waals surface area (Å²) in [5, 5.41) is 3.94. The number of carbonyl (C=O) groups is 2. The number of pyridine rings is 1. The van der Waals surface area contributed by atoms with E-state index in [0.717, 1.165) is 4.47 Å². The number of nitrogens with one attached hydrogen (secondary N) is 1. The Balaban J connectivity index is 1.73. The average Bonchev–Trinajstić information content (AvgIpc) is 2.76. The fourth-order valence-electron chi connectivity index (χ4n) is 2.32. The van der Waals surface area contributed by atoms with Crippen LogP contribution in [-0.2, 0) is 0 Å². The molecule has 0 spiro atoms. The van der Waals surface area contributed by atoms with E-state index in [1.165, 1.54) is 12.4 Å². The molecule has 8 heteroatoms. The summed E-state index contributed by atoms with van der Waals surface area (Å²) < 4.78 is 11.3. The molecule has 0 bridgehead atoms. The third-order valence-corrected chi connectivity index (χ3v) is 4.29. The number of esters is 1. The summed E-state index contributed by atoms with van der Waals surface area (Å²) in [6.45, 7) is 0. The molecule has 0 aliphatic carbocycles. The largest absolute Gasteiger partial charge is 0.497 e. The standard InChI is InChI=1S/C21H16BrN3O4/c1-28-18-7-4-14(5-8-18)21(27)29-19-9-6-17(22)11-16(19)13-24-25-20(26)15-3-2-10-23-12-15/h2-13H,1H3,(H,25,26)/b24-13-. The molecule has 7 nitrogen and oxygen atoms in total. The second-order valence-corrected chi connectivity index (χ2v) is 6.66. The zero-order chi connectivity index (χ0) is 20.6. The van der Waals surface area contributed by atoms with Crippen molar-refractivity contribution >= 4 is 34.0 Å². The summed E-state index contributed by atoms with van der Waals surface area (Å²) in [6.07, 6.45) is 4.41. The third-order valence-electron chi connectivity index (χ3n) is 3.79. The van der Waals surface area contributed by atoms with Crippen molar-refractivity contribution in [3.8, 4) is 11.5 Å². The lowest BCUT2D eigenvalue weighted by molar-refractivity contribution is 0.0734. The van der Waals surface area contributed by atoms with Gasteiger partial charge < -0.3 is 9.47 Å². The Kier molecular flexibility index (Phi) is 6.70. The number of hydrazone groups is 1. The molecule has 1 heterocycles. The first-order chi connectivity index (χ1) is 14.1. The molecule has 0 unspecified atom stereocenters. The van der Waals surface area contributed by atoms with Crippen LogP contribution in [0.25, 0.3) is 0 Å². The van der Waals surface area contributed by atoms with E-state index in [-0.39, 0.29) is 0 Å². The number of hydrogen-bond donors (Lipinski definition) is 1. The monoisotopic (exact) mass is 453 g/mol. The van der Waals surface area contributed by atoms with Crippen LogP contribution in [0.4, 0.5) is 0 Å². The maximum Gasteiger partial charge on any atom is 0.343 e. The number of aromatic nitrogens is 1. The Bertz CT molecular complexity index is 1040. The van der Waals surface area contributed by atoms with E-state index in [1.54, 1.807) is 67.9 Å². The fourth-order valence-corrected chi connectivity index (χ4v) is 2.70. The van der Waals surface area contributed by atoms with E-state index in [4.69, 9.17) is 9.47 Å². The summed E-state index contributed by atoms with van der Waals surface area (Å²) in [5.41, 5.74) is 3.68. The number of methoxy groups -OCH3 is 1. The fraction of sp³-hybridized carbons (Fsp3) is 0.0476. The summed E-state index contributed by atoms with van der Waals surface area (Å²) in [6, 6.07) is 14.9. The number of rotatable bonds is 6. The first kappa shape index (κ1) is 20.2. The Morgan fingerprint density at radius 3 is 2.59 bits per heavy atom. The Hall–Kier alpha value is -3.52. The molecule has 0 saturated carbocycles. The minimum absolute atomic E-state index is 0.299. The molecule has 0 aliphatic heterocycles. The molecule has 2 aromatic carbocycles. The highest BCUT2D eigenvalue weighted by Crippen LogP contribution is 2.23.